The maximum absolute atomic E-state index is 13.6. The number of carbonyl (C=O) groups is 1. The molecule has 1 amide bonds. The fraction of sp³-hybridized carbons (Fsp3) is 0.208. The van der Waals surface area contributed by atoms with Crippen molar-refractivity contribution in [3.63, 3.8) is 0 Å². The van der Waals surface area contributed by atoms with E-state index in [-0.39, 0.29) is 29.6 Å². The highest BCUT2D eigenvalue weighted by Crippen LogP contribution is 2.29. The zero-order valence-electron chi connectivity index (χ0n) is 17.9. The van der Waals surface area contributed by atoms with Crippen molar-refractivity contribution in [3.8, 4) is 5.75 Å². The van der Waals surface area contributed by atoms with Gasteiger partial charge in [0.1, 0.15) is 10.6 Å². The lowest BCUT2D eigenvalue weighted by molar-refractivity contribution is -0.118. The molecule has 0 spiro atoms. The van der Waals surface area contributed by atoms with E-state index in [9.17, 15) is 13.2 Å². The minimum Gasteiger partial charge on any atom is -0.495 e. The molecule has 31 heavy (non-hydrogen) atoms. The standard InChI is InChI=1S/C24H26N2O4S/c1-19-14-15-22(30-3)23(16-19)31(28,29)26(17-20-10-6-4-7-11-20)18-24(27)25(2)21-12-8-5-9-13-21/h4-16H,17-18H2,1-3H3. The second-order valence-electron chi connectivity index (χ2n) is 7.20. The first-order valence-electron chi connectivity index (χ1n) is 9.83. The van der Waals surface area contributed by atoms with Gasteiger partial charge in [-0.15, -0.1) is 0 Å². The van der Waals surface area contributed by atoms with Gasteiger partial charge < -0.3 is 9.64 Å². The third-order valence-electron chi connectivity index (χ3n) is 4.97. The van der Waals surface area contributed by atoms with Crippen LogP contribution in [-0.2, 0) is 21.4 Å². The summed E-state index contributed by atoms with van der Waals surface area (Å²) in [6, 6.07) is 23.3. The fourth-order valence-electron chi connectivity index (χ4n) is 3.19. The van der Waals surface area contributed by atoms with Crippen LogP contribution in [0.2, 0.25) is 0 Å². The molecular weight excluding hydrogens is 412 g/mol. The summed E-state index contributed by atoms with van der Waals surface area (Å²) >= 11 is 0. The van der Waals surface area contributed by atoms with Crippen molar-refractivity contribution in [2.24, 2.45) is 0 Å². The second kappa shape index (κ2) is 9.76. The van der Waals surface area contributed by atoms with Gasteiger partial charge in [0.25, 0.3) is 0 Å². The maximum Gasteiger partial charge on any atom is 0.247 e. The van der Waals surface area contributed by atoms with Crippen molar-refractivity contribution >= 4 is 21.6 Å². The third-order valence-corrected chi connectivity index (χ3v) is 6.78. The van der Waals surface area contributed by atoms with Crippen LogP contribution in [0.5, 0.6) is 5.75 Å². The Morgan fingerprint density at radius 3 is 2.16 bits per heavy atom. The number of nitrogens with zero attached hydrogens (tertiary/aromatic N) is 2. The number of anilines is 1. The fourth-order valence-corrected chi connectivity index (χ4v) is 4.81. The molecule has 0 aliphatic rings. The van der Waals surface area contributed by atoms with E-state index in [0.29, 0.717) is 5.69 Å². The average Bonchev–Trinajstić information content (AvgIpc) is 2.79. The minimum absolute atomic E-state index is 0.0427. The molecule has 7 heteroatoms. The molecule has 0 radical (unpaired) electrons. The zero-order valence-corrected chi connectivity index (χ0v) is 18.7. The highest BCUT2D eigenvalue weighted by atomic mass is 32.2. The van der Waals surface area contributed by atoms with Gasteiger partial charge in [-0.25, -0.2) is 8.42 Å². The van der Waals surface area contributed by atoms with Crippen LogP contribution in [0.25, 0.3) is 0 Å². The summed E-state index contributed by atoms with van der Waals surface area (Å²) in [4.78, 5) is 14.5. The van der Waals surface area contributed by atoms with Crippen molar-refractivity contribution in [1.82, 2.24) is 4.31 Å². The molecule has 0 bridgehead atoms. The number of sulfonamides is 1. The number of methoxy groups -OCH3 is 1. The first-order chi connectivity index (χ1) is 14.8. The number of carbonyl (C=O) groups excluding carboxylic acids is 1. The Bertz CT molecular complexity index is 1130. The molecule has 0 aliphatic carbocycles. The average molecular weight is 439 g/mol. The summed E-state index contributed by atoms with van der Waals surface area (Å²) < 4.78 is 33.8. The number of ether oxygens (including phenoxy) is 1. The molecule has 162 valence electrons. The van der Waals surface area contributed by atoms with E-state index >= 15 is 0 Å². The minimum atomic E-state index is -4.01. The lowest BCUT2D eigenvalue weighted by Gasteiger charge is -2.26. The van der Waals surface area contributed by atoms with Crippen LogP contribution in [0, 0.1) is 6.92 Å². The Kier molecular flexibility index (Phi) is 7.09. The van der Waals surface area contributed by atoms with Crippen LogP contribution < -0.4 is 9.64 Å². The van der Waals surface area contributed by atoms with Gasteiger partial charge in [-0.2, -0.15) is 4.31 Å². The molecular formula is C24H26N2O4S. The number of rotatable bonds is 8. The van der Waals surface area contributed by atoms with E-state index in [2.05, 4.69) is 0 Å². The largest absolute Gasteiger partial charge is 0.495 e. The summed E-state index contributed by atoms with van der Waals surface area (Å²) in [7, 11) is -0.947. The normalized spacial score (nSPS) is 11.4. The summed E-state index contributed by atoms with van der Waals surface area (Å²) in [5.41, 5.74) is 2.26. The van der Waals surface area contributed by atoms with Crippen LogP contribution in [0.4, 0.5) is 5.69 Å². The highest BCUT2D eigenvalue weighted by Gasteiger charge is 2.31. The molecule has 0 saturated heterocycles. The molecule has 0 atom stereocenters. The SMILES string of the molecule is COc1ccc(C)cc1S(=O)(=O)N(CC(=O)N(C)c1ccccc1)Cc1ccccc1. The summed E-state index contributed by atoms with van der Waals surface area (Å²) in [6.45, 7) is 1.57. The summed E-state index contributed by atoms with van der Waals surface area (Å²) in [5.74, 6) is -0.0927. The highest BCUT2D eigenvalue weighted by molar-refractivity contribution is 7.89. The molecule has 0 aromatic heterocycles. The predicted octanol–water partition coefficient (Wildman–Crippen LogP) is 3.86. The Labute approximate surface area is 183 Å². The van der Waals surface area contributed by atoms with Crippen molar-refractivity contribution in [2.75, 3.05) is 25.6 Å². The number of aryl methyl sites for hydroxylation is 1. The van der Waals surface area contributed by atoms with Gasteiger partial charge in [-0.1, -0.05) is 54.6 Å². The Morgan fingerprint density at radius 2 is 1.55 bits per heavy atom. The quantitative estimate of drug-likeness (QED) is 0.536. The predicted molar refractivity (Wildman–Crippen MR) is 122 cm³/mol. The summed E-state index contributed by atoms with van der Waals surface area (Å²) in [6.07, 6.45) is 0. The number of likely N-dealkylation sites (N-methyl/N-ethyl adjacent to an activating group) is 1. The lowest BCUT2D eigenvalue weighted by Crippen LogP contribution is -2.41. The Hall–Kier alpha value is -3.16. The van der Waals surface area contributed by atoms with Gasteiger partial charge in [0.15, 0.2) is 0 Å². The van der Waals surface area contributed by atoms with Gasteiger partial charge in [0, 0.05) is 19.3 Å². The maximum atomic E-state index is 13.6. The van der Waals surface area contributed by atoms with Crippen LogP contribution >= 0.6 is 0 Å². The Morgan fingerprint density at radius 1 is 0.935 bits per heavy atom. The molecule has 0 saturated carbocycles. The van der Waals surface area contributed by atoms with Crippen LogP contribution in [-0.4, -0.2) is 39.3 Å². The number of amides is 1. The molecule has 0 aliphatic heterocycles. The molecule has 0 N–H and O–H groups in total. The van der Waals surface area contributed by atoms with Crippen molar-refractivity contribution in [1.29, 1.82) is 0 Å². The van der Waals surface area contributed by atoms with E-state index < -0.39 is 10.0 Å². The van der Waals surface area contributed by atoms with Gasteiger partial charge in [0.05, 0.1) is 13.7 Å². The molecule has 6 nitrogen and oxygen atoms in total. The van der Waals surface area contributed by atoms with E-state index in [1.54, 1.807) is 37.4 Å². The van der Waals surface area contributed by atoms with Gasteiger partial charge >= 0.3 is 0 Å². The van der Waals surface area contributed by atoms with Crippen LogP contribution in [0.1, 0.15) is 11.1 Å². The number of hydrogen-bond acceptors (Lipinski definition) is 4. The molecule has 0 unspecified atom stereocenters. The second-order valence-corrected chi connectivity index (χ2v) is 9.11. The number of hydrogen-bond donors (Lipinski definition) is 0. The monoisotopic (exact) mass is 438 g/mol. The Balaban J connectivity index is 1.98. The van der Waals surface area contributed by atoms with Crippen molar-refractivity contribution < 1.29 is 17.9 Å². The summed E-state index contributed by atoms with van der Waals surface area (Å²) in [5, 5.41) is 0. The van der Waals surface area contributed by atoms with Gasteiger partial charge in [-0.3, -0.25) is 4.79 Å². The number of benzene rings is 3. The van der Waals surface area contributed by atoms with Crippen LogP contribution in [0.3, 0.4) is 0 Å². The van der Waals surface area contributed by atoms with E-state index in [1.807, 2.05) is 55.5 Å². The lowest BCUT2D eigenvalue weighted by atomic mass is 10.2. The van der Waals surface area contributed by atoms with Crippen molar-refractivity contribution in [2.45, 2.75) is 18.4 Å². The number of para-hydroxylation sites is 1. The molecule has 0 heterocycles. The van der Waals surface area contributed by atoms with Crippen LogP contribution in [0.15, 0.2) is 83.8 Å². The van der Waals surface area contributed by atoms with Gasteiger partial charge in [0.2, 0.25) is 15.9 Å². The van der Waals surface area contributed by atoms with E-state index in [0.717, 1.165) is 11.1 Å². The molecule has 0 fully saturated rings. The first-order valence-corrected chi connectivity index (χ1v) is 11.3. The third kappa shape index (κ3) is 5.31. The first kappa shape index (κ1) is 22.5. The topological polar surface area (TPSA) is 66.9 Å². The van der Waals surface area contributed by atoms with Gasteiger partial charge in [-0.05, 0) is 42.3 Å². The van der Waals surface area contributed by atoms with Crippen molar-refractivity contribution in [3.05, 3.63) is 90.0 Å². The van der Waals surface area contributed by atoms with E-state index in [4.69, 9.17) is 4.74 Å². The smallest absolute Gasteiger partial charge is 0.247 e. The molecule has 3 rings (SSSR count). The molecule has 3 aromatic rings. The molecule has 3 aromatic carbocycles. The van der Waals surface area contributed by atoms with E-state index in [1.165, 1.54) is 16.3 Å². The zero-order chi connectivity index (χ0) is 22.4.